The summed E-state index contributed by atoms with van der Waals surface area (Å²) < 4.78 is 0. The Balaban J connectivity index is 2.09. The zero-order chi connectivity index (χ0) is 20.5. The van der Waals surface area contributed by atoms with E-state index in [2.05, 4.69) is 44.0 Å². The lowest BCUT2D eigenvalue weighted by atomic mass is 9.49. The molecule has 1 N–H and O–H groups in total. The molecule has 0 bridgehead atoms. The Morgan fingerprint density at radius 3 is 2.82 bits per heavy atom. The van der Waals surface area contributed by atoms with E-state index in [1.165, 1.54) is 16.7 Å². The first-order valence-electron chi connectivity index (χ1n) is 10.2. The molecular formula is C24H31NO3. The van der Waals surface area contributed by atoms with Crippen molar-refractivity contribution in [2.75, 3.05) is 6.61 Å². The second-order valence-electron chi connectivity index (χ2n) is 9.09. The second-order valence-corrected chi connectivity index (χ2v) is 9.09. The lowest BCUT2D eigenvalue weighted by Crippen LogP contribution is -2.52. The van der Waals surface area contributed by atoms with Gasteiger partial charge in [0, 0.05) is 0 Å². The van der Waals surface area contributed by atoms with E-state index in [1.54, 1.807) is 6.21 Å². The number of benzene rings is 1. The van der Waals surface area contributed by atoms with Crippen LogP contribution in [0.3, 0.4) is 0 Å². The SMILES string of the molecule is C#CCO/N=C/c1cc2c(cc1C(C)C)CCC1[C@](C)(C(=O)O)CCC[C@]21C. The largest absolute Gasteiger partial charge is 0.481 e. The number of rotatable bonds is 5. The minimum Gasteiger partial charge on any atom is -0.481 e. The fraction of sp³-hybridized carbons (Fsp3) is 0.583. The molecule has 28 heavy (non-hydrogen) atoms. The predicted molar refractivity (Wildman–Crippen MR) is 112 cm³/mol. The molecule has 0 heterocycles. The van der Waals surface area contributed by atoms with E-state index in [4.69, 9.17) is 11.3 Å². The summed E-state index contributed by atoms with van der Waals surface area (Å²) in [6, 6.07) is 4.53. The molecule has 1 saturated carbocycles. The molecule has 0 radical (unpaired) electrons. The molecule has 0 amide bonds. The highest BCUT2D eigenvalue weighted by Crippen LogP contribution is 2.57. The van der Waals surface area contributed by atoms with E-state index in [9.17, 15) is 9.90 Å². The highest BCUT2D eigenvalue weighted by molar-refractivity contribution is 5.83. The number of aryl methyl sites for hydroxylation is 1. The number of nitrogens with zero attached hydrogens (tertiary/aromatic N) is 1. The zero-order valence-corrected chi connectivity index (χ0v) is 17.4. The summed E-state index contributed by atoms with van der Waals surface area (Å²) in [7, 11) is 0. The third-order valence-corrected chi connectivity index (χ3v) is 7.08. The van der Waals surface area contributed by atoms with Gasteiger partial charge >= 0.3 is 5.97 Å². The van der Waals surface area contributed by atoms with Crippen molar-refractivity contribution in [3.8, 4) is 12.3 Å². The first kappa shape index (κ1) is 20.5. The Labute approximate surface area is 168 Å². The third-order valence-electron chi connectivity index (χ3n) is 7.08. The Morgan fingerprint density at radius 1 is 1.43 bits per heavy atom. The van der Waals surface area contributed by atoms with E-state index >= 15 is 0 Å². The summed E-state index contributed by atoms with van der Waals surface area (Å²) >= 11 is 0. The van der Waals surface area contributed by atoms with Gasteiger partial charge in [-0.05, 0) is 78.2 Å². The maximum atomic E-state index is 12.1. The number of carboxylic acids is 1. The van der Waals surface area contributed by atoms with Gasteiger partial charge in [-0.25, -0.2) is 0 Å². The van der Waals surface area contributed by atoms with Crippen LogP contribution in [0.2, 0.25) is 0 Å². The van der Waals surface area contributed by atoms with Gasteiger partial charge in [0.25, 0.3) is 0 Å². The molecule has 0 aliphatic heterocycles. The summed E-state index contributed by atoms with van der Waals surface area (Å²) in [4.78, 5) is 17.3. The molecule has 4 heteroatoms. The molecule has 3 atom stereocenters. The van der Waals surface area contributed by atoms with E-state index in [0.717, 1.165) is 37.7 Å². The number of hydrogen-bond acceptors (Lipinski definition) is 3. The fourth-order valence-corrected chi connectivity index (χ4v) is 5.59. The van der Waals surface area contributed by atoms with Crippen molar-refractivity contribution in [3.63, 3.8) is 0 Å². The highest BCUT2D eigenvalue weighted by Gasteiger charge is 2.55. The van der Waals surface area contributed by atoms with Gasteiger partial charge in [0.2, 0.25) is 0 Å². The van der Waals surface area contributed by atoms with Crippen LogP contribution in [-0.2, 0) is 21.5 Å². The first-order valence-corrected chi connectivity index (χ1v) is 10.2. The normalized spacial score (nSPS) is 29.2. The fourth-order valence-electron chi connectivity index (χ4n) is 5.59. The molecule has 3 rings (SSSR count). The van der Waals surface area contributed by atoms with E-state index in [0.29, 0.717) is 5.92 Å². The summed E-state index contributed by atoms with van der Waals surface area (Å²) in [6.07, 6.45) is 11.6. The molecule has 0 saturated heterocycles. The summed E-state index contributed by atoms with van der Waals surface area (Å²) in [5, 5.41) is 14.0. The lowest BCUT2D eigenvalue weighted by Gasteiger charge is -2.53. The number of oxime groups is 1. The monoisotopic (exact) mass is 381 g/mol. The van der Waals surface area contributed by atoms with Gasteiger partial charge in [-0.2, -0.15) is 0 Å². The average molecular weight is 382 g/mol. The zero-order valence-electron chi connectivity index (χ0n) is 17.4. The van der Waals surface area contributed by atoms with Gasteiger partial charge in [0.1, 0.15) is 0 Å². The molecule has 1 fully saturated rings. The molecule has 0 aromatic heterocycles. The van der Waals surface area contributed by atoms with Crippen LogP contribution >= 0.6 is 0 Å². The summed E-state index contributed by atoms with van der Waals surface area (Å²) in [6.45, 7) is 8.71. The summed E-state index contributed by atoms with van der Waals surface area (Å²) in [5.41, 5.74) is 4.14. The molecule has 4 nitrogen and oxygen atoms in total. The molecule has 150 valence electrons. The van der Waals surface area contributed by atoms with Crippen molar-refractivity contribution in [2.24, 2.45) is 16.5 Å². The van der Waals surface area contributed by atoms with Crippen LogP contribution in [0.1, 0.15) is 81.5 Å². The molecular weight excluding hydrogens is 350 g/mol. The standard InChI is InChI=1S/C24H31NO3/c1-6-12-28-25-15-18-14-20-17(13-19(18)16(2)3)8-9-21-23(20,4)10-7-11-24(21,5)22(26)27/h1,13-16,21H,7-12H2,2-5H3,(H,26,27)/b25-15+/t21?,23-,24-/m1/s1. The average Bonchev–Trinajstić information content (AvgIpc) is 2.64. The van der Waals surface area contributed by atoms with Crippen LogP contribution in [0, 0.1) is 23.7 Å². The van der Waals surface area contributed by atoms with Gasteiger partial charge in [-0.3, -0.25) is 4.79 Å². The Hall–Kier alpha value is -2.28. The van der Waals surface area contributed by atoms with Crippen LogP contribution < -0.4 is 0 Å². The molecule has 1 aromatic carbocycles. The van der Waals surface area contributed by atoms with E-state index in [1.807, 2.05) is 6.92 Å². The first-order chi connectivity index (χ1) is 13.2. The number of carboxylic acid groups (broad SMARTS) is 1. The highest BCUT2D eigenvalue weighted by atomic mass is 16.6. The molecule has 1 aromatic rings. The Kier molecular flexibility index (Phi) is 5.57. The van der Waals surface area contributed by atoms with Crippen LogP contribution in [0.25, 0.3) is 0 Å². The number of hydrogen-bond donors (Lipinski definition) is 1. The van der Waals surface area contributed by atoms with Crippen molar-refractivity contribution in [2.45, 2.75) is 71.1 Å². The minimum absolute atomic E-state index is 0.128. The van der Waals surface area contributed by atoms with Crippen molar-refractivity contribution >= 4 is 12.2 Å². The van der Waals surface area contributed by atoms with Gasteiger partial charge in [0.05, 0.1) is 11.6 Å². The van der Waals surface area contributed by atoms with Gasteiger partial charge in [0.15, 0.2) is 6.61 Å². The van der Waals surface area contributed by atoms with Crippen molar-refractivity contribution in [1.82, 2.24) is 0 Å². The number of fused-ring (bicyclic) bond motifs is 3. The van der Waals surface area contributed by atoms with Crippen molar-refractivity contribution in [3.05, 3.63) is 34.4 Å². The maximum Gasteiger partial charge on any atom is 0.309 e. The number of carbonyl (C=O) groups is 1. The van der Waals surface area contributed by atoms with Gasteiger partial charge in [-0.15, -0.1) is 6.42 Å². The molecule has 2 aliphatic rings. The second kappa shape index (κ2) is 7.62. The lowest BCUT2D eigenvalue weighted by molar-refractivity contribution is -0.157. The van der Waals surface area contributed by atoms with E-state index in [-0.39, 0.29) is 17.9 Å². The summed E-state index contributed by atoms with van der Waals surface area (Å²) in [5.74, 6) is 2.26. The Morgan fingerprint density at radius 2 is 2.18 bits per heavy atom. The third kappa shape index (κ3) is 3.32. The molecule has 2 aliphatic carbocycles. The van der Waals surface area contributed by atoms with Crippen LogP contribution in [-0.4, -0.2) is 23.9 Å². The molecule has 0 spiro atoms. The van der Waals surface area contributed by atoms with E-state index < -0.39 is 11.4 Å². The van der Waals surface area contributed by atoms with Crippen LogP contribution in [0.4, 0.5) is 0 Å². The molecule has 1 unspecified atom stereocenters. The number of terminal acetylenes is 1. The maximum absolute atomic E-state index is 12.1. The smallest absolute Gasteiger partial charge is 0.309 e. The van der Waals surface area contributed by atoms with Crippen molar-refractivity contribution in [1.29, 1.82) is 0 Å². The van der Waals surface area contributed by atoms with Crippen molar-refractivity contribution < 1.29 is 14.7 Å². The van der Waals surface area contributed by atoms with Crippen LogP contribution in [0.15, 0.2) is 17.3 Å². The predicted octanol–water partition coefficient (Wildman–Crippen LogP) is 4.89. The Bertz CT molecular complexity index is 835. The topological polar surface area (TPSA) is 58.9 Å². The van der Waals surface area contributed by atoms with Gasteiger partial charge in [-0.1, -0.05) is 44.3 Å². The minimum atomic E-state index is -0.661. The number of aliphatic carboxylic acids is 1. The quantitative estimate of drug-likeness (QED) is 0.342. The van der Waals surface area contributed by atoms with Crippen LogP contribution in [0.5, 0.6) is 0 Å². The van der Waals surface area contributed by atoms with Gasteiger partial charge < -0.3 is 9.94 Å².